The Bertz CT molecular complexity index is 1310. The van der Waals surface area contributed by atoms with Crippen molar-refractivity contribution in [2.24, 2.45) is 0 Å². The predicted octanol–water partition coefficient (Wildman–Crippen LogP) is 14.7. The summed E-state index contributed by atoms with van der Waals surface area (Å²) in [5.74, 6) is -0.120. The lowest BCUT2D eigenvalue weighted by Crippen LogP contribution is -2.45. The second kappa shape index (κ2) is 47.4. The number of aliphatic hydroxyl groups is 2. The average Bonchev–Trinajstić information content (AvgIpc) is 3.23. The number of hydrogen-bond acceptors (Lipinski definition) is 3. The summed E-state index contributed by atoms with van der Waals surface area (Å²) in [6.45, 7) is 4.09. The fourth-order valence-corrected chi connectivity index (χ4v) is 5.57. The molecule has 0 radical (unpaired) electrons. The van der Waals surface area contributed by atoms with Crippen LogP contribution in [0.3, 0.4) is 0 Å². The van der Waals surface area contributed by atoms with Gasteiger partial charge >= 0.3 is 0 Å². The Balaban J connectivity index is 3.76. The van der Waals surface area contributed by atoms with Crippen molar-refractivity contribution in [3.63, 3.8) is 0 Å². The van der Waals surface area contributed by atoms with Crippen molar-refractivity contribution in [1.82, 2.24) is 5.32 Å². The van der Waals surface area contributed by atoms with Gasteiger partial charge in [-0.05, 0) is 109 Å². The number of unbranched alkanes of at least 4 members (excludes halogenated alkanes) is 7. The van der Waals surface area contributed by atoms with E-state index in [1.165, 1.54) is 25.7 Å². The van der Waals surface area contributed by atoms with E-state index in [9.17, 15) is 15.0 Å². The molecule has 0 aromatic carbocycles. The van der Waals surface area contributed by atoms with Gasteiger partial charge in [0, 0.05) is 6.42 Å². The van der Waals surface area contributed by atoms with E-state index in [1.807, 2.05) is 6.08 Å². The van der Waals surface area contributed by atoms with E-state index in [1.54, 1.807) is 6.08 Å². The third-order valence-electron chi connectivity index (χ3n) is 9.02. The lowest BCUT2D eigenvalue weighted by Gasteiger charge is -2.19. The Morgan fingerprint density at radius 3 is 1.12 bits per heavy atom. The van der Waals surface area contributed by atoms with E-state index in [-0.39, 0.29) is 12.5 Å². The lowest BCUT2D eigenvalue weighted by molar-refractivity contribution is -0.123. The molecular formula is C54H83NO3. The Morgan fingerprint density at radius 1 is 0.431 bits per heavy atom. The number of hydrogen-bond donors (Lipinski definition) is 3. The standard InChI is InChI=1S/C54H83NO3/c1-3-5-7-9-11-12-13-14-15-16-17-18-19-20-21-22-23-24-25-26-27-28-29-30-31-32-33-34-35-36-37-38-39-40-41-42-44-46-48-50-54(58)55-52(51-56)53(57)49-47-45-43-10-8-6-4-2/h5,7,11-12,14-15,17-18,20-21,23-24,26-27,29-30,32-33,35-36,38-39,41-42,47,49,52-53,56-57H,3-4,6,8-10,13,16,19,22,25,28,31,34,37,40,43-46,48,50-51H2,1-2H3,(H,55,58)/b7-5-,12-11-,15-14-,18-17-,21-20-,24-23-,27-26-,30-29-,33-32-,36-35-,39-38-,42-41-,49-47+. The monoisotopic (exact) mass is 794 g/mol. The third-order valence-corrected chi connectivity index (χ3v) is 9.02. The topological polar surface area (TPSA) is 69.6 Å². The Hall–Kier alpha value is -3.99. The summed E-state index contributed by atoms with van der Waals surface area (Å²) in [5, 5.41) is 22.7. The van der Waals surface area contributed by atoms with Crippen LogP contribution < -0.4 is 5.32 Å². The highest BCUT2D eigenvalue weighted by Crippen LogP contribution is 2.08. The summed E-state index contributed by atoms with van der Waals surface area (Å²) >= 11 is 0. The van der Waals surface area contributed by atoms with Crippen LogP contribution in [0.4, 0.5) is 0 Å². The highest BCUT2D eigenvalue weighted by molar-refractivity contribution is 5.76. The van der Waals surface area contributed by atoms with Crippen molar-refractivity contribution in [3.8, 4) is 0 Å². The predicted molar refractivity (Wildman–Crippen MR) is 257 cm³/mol. The van der Waals surface area contributed by atoms with Crippen LogP contribution in [0.15, 0.2) is 158 Å². The third kappa shape index (κ3) is 43.1. The first-order valence-corrected chi connectivity index (χ1v) is 22.7. The van der Waals surface area contributed by atoms with Crippen LogP contribution in [0.5, 0.6) is 0 Å². The molecule has 0 heterocycles. The summed E-state index contributed by atoms with van der Waals surface area (Å²) in [4.78, 5) is 12.3. The Labute approximate surface area is 356 Å². The van der Waals surface area contributed by atoms with Gasteiger partial charge in [0.05, 0.1) is 18.8 Å². The van der Waals surface area contributed by atoms with Gasteiger partial charge in [0.1, 0.15) is 0 Å². The minimum Gasteiger partial charge on any atom is -0.394 e. The molecule has 0 saturated heterocycles. The second-order valence-corrected chi connectivity index (χ2v) is 14.4. The minimum absolute atomic E-state index is 0.120. The highest BCUT2D eigenvalue weighted by Gasteiger charge is 2.17. The fraction of sp³-hybridized carbons (Fsp3) is 0.500. The van der Waals surface area contributed by atoms with E-state index < -0.39 is 12.1 Å². The van der Waals surface area contributed by atoms with E-state index in [4.69, 9.17) is 0 Å². The number of aliphatic hydroxyl groups excluding tert-OH is 2. The molecule has 3 N–H and O–H groups in total. The maximum absolute atomic E-state index is 12.3. The summed E-state index contributed by atoms with van der Waals surface area (Å²) in [6, 6.07) is -0.654. The minimum atomic E-state index is -0.865. The zero-order valence-corrected chi connectivity index (χ0v) is 36.7. The molecule has 2 unspecified atom stereocenters. The van der Waals surface area contributed by atoms with Crippen molar-refractivity contribution >= 4 is 5.91 Å². The molecule has 322 valence electrons. The second-order valence-electron chi connectivity index (χ2n) is 14.4. The first-order chi connectivity index (χ1) is 28.7. The number of allylic oxidation sites excluding steroid dienone is 25. The zero-order valence-electron chi connectivity index (χ0n) is 36.7. The van der Waals surface area contributed by atoms with Gasteiger partial charge in [0.2, 0.25) is 5.91 Å². The van der Waals surface area contributed by atoms with Crippen LogP contribution in [-0.2, 0) is 4.79 Å². The van der Waals surface area contributed by atoms with Crippen LogP contribution in [0.2, 0.25) is 0 Å². The fourth-order valence-electron chi connectivity index (χ4n) is 5.57. The average molecular weight is 794 g/mol. The van der Waals surface area contributed by atoms with Crippen molar-refractivity contribution in [2.45, 2.75) is 167 Å². The van der Waals surface area contributed by atoms with Gasteiger partial charge in [-0.3, -0.25) is 4.79 Å². The van der Waals surface area contributed by atoms with E-state index in [2.05, 4.69) is 165 Å². The van der Waals surface area contributed by atoms with Gasteiger partial charge in [-0.1, -0.05) is 198 Å². The summed E-state index contributed by atoms with van der Waals surface area (Å²) in [7, 11) is 0. The van der Waals surface area contributed by atoms with Gasteiger partial charge in [-0.15, -0.1) is 0 Å². The largest absolute Gasteiger partial charge is 0.394 e. The van der Waals surface area contributed by atoms with Crippen LogP contribution in [0, 0.1) is 0 Å². The molecule has 4 nitrogen and oxygen atoms in total. The molecule has 0 aliphatic rings. The van der Waals surface area contributed by atoms with Crippen molar-refractivity contribution in [2.75, 3.05) is 6.61 Å². The van der Waals surface area contributed by atoms with Gasteiger partial charge < -0.3 is 15.5 Å². The van der Waals surface area contributed by atoms with Crippen LogP contribution >= 0.6 is 0 Å². The lowest BCUT2D eigenvalue weighted by atomic mass is 10.1. The number of carbonyl (C=O) groups is 1. The van der Waals surface area contributed by atoms with E-state index >= 15 is 0 Å². The normalized spacial score (nSPS) is 14.5. The highest BCUT2D eigenvalue weighted by atomic mass is 16.3. The van der Waals surface area contributed by atoms with Crippen LogP contribution in [0.25, 0.3) is 0 Å². The Kier molecular flexibility index (Phi) is 44.1. The van der Waals surface area contributed by atoms with Crippen molar-refractivity contribution in [3.05, 3.63) is 158 Å². The molecule has 0 bridgehead atoms. The molecule has 0 saturated carbocycles. The summed E-state index contributed by atoms with van der Waals surface area (Å²) < 4.78 is 0. The Morgan fingerprint density at radius 2 is 0.759 bits per heavy atom. The quantitative estimate of drug-likeness (QED) is 0.0431. The van der Waals surface area contributed by atoms with Gasteiger partial charge in [-0.25, -0.2) is 0 Å². The SMILES string of the molecule is CC/C=C\C/C=C\C/C=C\C/C=C\C/C=C\C/C=C\C/C=C\C/C=C\C/C=C\C/C=C\C/C=C\C/C=C\CCCCC(=O)NC(CO)C(O)/C=C/CCCCCCC. The molecule has 0 rings (SSSR count). The van der Waals surface area contributed by atoms with Crippen molar-refractivity contribution < 1.29 is 15.0 Å². The number of rotatable bonds is 38. The number of amides is 1. The smallest absolute Gasteiger partial charge is 0.220 e. The molecule has 0 aromatic rings. The number of carbonyl (C=O) groups excluding carboxylic acids is 1. The van der Waals surface area contributed by atoms with Gasteiger partial charge in [-0.2, -0.15) is 0 Å². The van der Waals surface area contributed by atoms with Crippen LogP contribution in [0.1, 0.15) is 155 Å². The molecule has 0 spiro atoms. The van der Waals surface area contributed by atoms with E-state index in [0.717, 1.165) is 109 Å². The molecule has 0 aromatic heterocycles. The first-order valence-electron chi connectivity index (χ1n) is 22.7. The maximum Gasteiger partial charge on any atom is 0.220 e. The molecule has 4 heteroatoms. The first kappa shape index (κ1) is 54.0. The molecular weight excluding hydrogens is 711 g/mol. The number of nitrogens with one attached hydrogen (secondary N) is 1. The molecule has 0 fully saturated rings. The van der Waals surface area contributed by atoms with Gasteiger partial charge in [0.15, 0.2) is 0 Å². The summed E-state index contributed by atoms with van der Waals surface area (Å²) in [6.07, 6.45) is 78.0. The molecule has 2 atom stereocenters. The van der Waals surface area contributed by atoms with Crippen LogP contribution in [-0.4, -0.2) is 34.9 Å². The van der Waals surface area contributed by atoms with Gasteiger partial charge in [0.25, 0.3) is 0 Å². The van der Waals surface area contributed by atoms with E-state index in [0.29, 0.717) is 6.42 Å². The van der Waals surface area contributed by atoms with Crippen molar-refractivity contribution in [1.29, 1.82) is 0 Å². The maximum atomic E-state index is 12.3. The molecule has 58 heavy (non-hydrogen) atoms. The molecule has 0 aliphatic heterocycles. The molecule has 1 amide bonds. The zero-order chi connectivity index (χ0) is 42.1. The summed E-state index contributed by atoms with van der Waals surface area (Å²) in [5.41, 5.74) is 0. The molecule has 0 aliphatic carbocycles.